The summed E-state index contributed by atoms with van der Waals surface area (Å²) in [5, 5.41) is 7.72. The number of benzene rings is 8. The molecule has 0 N–H and O–H groups in total. The van der Waals surface area contributed by atoms with Gasteiger partial charge in [-0.25, -0.2) is 0 Å². The predicted molar refractivity (Wildman–Crippen MR) is 200 cm³/mol. The second-order valence-corrected chi connectivity index (χ2v) is 12.9. The molecule has 0 atom stereocenters. The zero-order chi connectivity index (χ0) is 30.5. The highest BCUT2D eigenvalue weighted by molar-refractivity contribution is 7.26. The second kappa shape index (κ2) is 11.0. The lowest BCUT2D eigenvalue weighted by Crippen LogP contribution is -2.10. The smallest absolute Gasteiger partial charge is 0.0468 e. The van der Waals surface area contributed by atoms with Crippen LogP contribution in [0, 0.1) is 0 Å². The molecule has 8 aromatic carbocycles. The number of anilines is 3. The Bertz CT molecular complexity index is 2530. The van der Waals surface area contributed by atoms with Crippen LogP contribution < -0.4 is 4.90 Å². The third kappa shape index (κ3) is 4.63. The Labute approximate surface area is 272 Å². The molecule has 0 aliphatic heterocycles. The molecule has 0 bridgehead atoms. The molecule has 0 aliphatic rings. The van der Waals surface area contributed by atoms with E-state index < -0.39 is 0 Å². The van der Waals surface area contributed by atoms with Crippen molar-refractivity contribution in [3.05, 3.63) is 176 Å². The number of thiophene rings is 1. The van der Waals surface area contributed by atoms with Gasteiger partial charge in [0.15, 0.2) is 0 Å². The molecule has 0 amide bonds. The van der Waals surface area contributed by atoms with E-state index in [-0.39, 0.29) is 0 Å². The van der Waals surface area contributed by atoms with Crippen molar-refractivity contribution in [2.45, 2.75) is 0 Å². The summed E-state index contributed by atoms with van der Waals surface area (Å²) >= 11 is 1.87. The van der Waals surface area contributed by atoms with Crippen molar-refractivity contribution in [1.29, 1.82) is 0 Å². The summed E-state index contributed by atoms with van der Waals surface area (Å²) in [5.41, 5.74) is 8.22. The zero-order valence-electron chi connectivity index (χ0n) is 25.1. The fourth-order valence-corrected chi connectivity index (χ4v) is 7.88. The van der Waals surface area contributed by atoms with Gasteiger partial charge in [-0.3, -0.25) is 0 Å². The van der Waals surface area contributed by atoms with E-state index in [9.17, 15) is 0 Å². The maximum atomic E-state index is 2.38. The third-order valence-electron chi connectivity index (χ3n) is 9.02. The standard InChI is InChI=1S/C44H29NS/c1-2-9-30(10-3-1)32-19-22-37(23-20-32)45(38-14-8-13-34(28-38)35-18-17-31-11-4-5-12-33(31)27-35)39-24-25-40-36(29-39)21-26-43-44(40)41-15-6-7-16-42(41)46-43/h1-29H. The van der Waals surface area contributed by atoms with E-state index in [1.165, 1.54) is 64.0 Å². The molecular formula is C44H29NS. The van der Waals surface area contributed by atoms with E-state index in [0.717, 1.165) is 17.1 Å². The molecule has 1 nitrogen and oxygen atoms in total. The average Bonchev–Trinajstić information content (AvgIpc) is 3.52. The molecule has 2 heteroatoms. The van der Waals surface area contributed by atoms with Gasteiger partial charge in [0.2, 0.25) is 0 Å². The van der Waals surface area contributed by atoms with Gasteiger partial charge in [0.1, 0.15) is 0 Å². The molecule has 0 spiro atoms. The topological polar surface area (TPSA) is 3.24 Å². The van der Waals surface area contributed by atoms with Crippen LogP contribution in [0.2, 0.25) is 0 Å². The number of nitrogens with zero attached hydrogens (tertiary/aromatic N) is 1. The number of hydrogen-bond donors (Lipinski definition) is 0. The normalized spacial score (nSPS) is 11.5. The van der Waals surface area contributed by atoms with Gasteiger partial charge in [-0.1, -0.05) is 121 Å². The summed E-state index contributed by atoms with van der Waals surface area (Å²) < 4.78 is 2.66. The van der Waals surface area contributed by atoms with E-state index in [0.29, 0.717) is 0 Å². The molecule has 9 aromatic rings. The Hall–Kier alpha value is -5.70. The lowest BCUT2D eigenvalue weighted by atomic mass is 9.99. The van der Waals surface area contributed by atoms with E-state index >= 15 is 0 Å². The lowest BCUT2D eigenvalue weighted by Gasteiger charge is -2.26. The minimum absolute atomic E-state index is 1.12. The highest BCUT2D eigenvalue weighted by Crippen LogP contribution is 2.42. The summed E-state index contributed by atoms with van der Waals surface area (Å²) in [6.07, 6.45) is 0. The van der Waals surface area contributed by atoms with E-state index in [4.69, 9.17) is 0 Å². The Morgan fingerprint density at radius 1 is 0.326 bits per heavy atom. The van der Waals surface area contributed by atoms with Crippen molar-refractivity contribution >= 4 is 70.1 Å². The maximum Gasteiger partial charge on any atom is 0.0468 e. The molecule has 1 aromatic heterocycles. The number of rotatable bonds is 5. The van der Waals surface area contributed by atoms with Crippen molar-refractivity contribution in [3.8, 4) is 22.3 Å². The zero-order valence-corrected chi connectivity index (χ0v) is 25.9. The van der Waals surface area contributed by atoms with Gasteiger partial charge in [0.25, 0.3) is 0 Å². The van der Waals surface area contributed by atoms with Crippen molar-refractivity contribution < 1.29 is 0 Å². The van der Waals surface area contributed by atoms with Crippen LogP contribution in [0.25, 0.3) is 64.0 Å². The van der Waals surface area contributed by atoms with Crippen LogP contribution in [0.3, 0.4) is 0 Å². The van der Waals surface area contributed by atoms with Crippen molar-refractivity contribution in [2.75, 3.05) is 4.90 Å². The minimum atomic E-state index is 1.12. The molecule has 0 aliphatic carbocycles. The molecule has 9 rings (SSSR count). The molecule has 0 fully saturated rings. The average molecular weight is 604 g/mol. The van der Waals surface area contributed by atoms with Crippen LogP contribution >= 0.6 is 11.3 Å². The van der Waals surface area contributed by atoms with Crippen molar-refractivity contribution in [3.63, 3.8) is 0 Å². The Kier molecular flexibility index (Phi) is 6.40. The van der Waals surface area contributed by atoms with Crippen LogP contribution in [0.15, 0.2) is 176 Å². The Morgan fingerprint density at radius 2 is 0.978 bits per heavy atom. The summed E-state index contributed by atoms with van der Waals surface area (Å²) in [4.78, 5) is 2.38. The number of fused-ring (bicyclic) bond motifs is 6. The first-order chi connectivity index (χ1) is 22.8. The summed E-state index contributed by atoms with van der Waals surface area (Å²) in [6.45, 7) is 0. The molecular weight excluding hydrogens is 575 g/mol. The summed E-state index contributed by atoms with van der Waals surface area (Å²) in [5.74, 6) is 0. The van der Waals surface area contributed by atoms with Crippen molar-refractivity contribution in [1.82, 2.24) is 0 Å². The van der Waals surface area contributed by atoms with Gasteiger partial charge < -0.3 is 4.90 Å². The molecule has 216 valence electrons. The molecule has 0 unspecified atom stereocenters. The molecule has 0 saturated heterocycles. The SMILES string of the molecule is c1ccc(-c2ccc(N(c3cccc(-c4ccc5ccccc5c4)c3)c3ccc4c(ccc5sc6ccccc6c54)c3)cc2)cc1. The van der Waals surface area contributed by atoms with Crippen molar-refractivity contribution in [2.24, 2.45) is 0 Å². The van der Waals surface area contributed by atoms with Gasteiger partial charge in [0, 0.05) is 37.2 Å². The van der Waals surface area contributed by atoms with Crippen LogP contribution in [0.1, 0.15) is 0 Å². The number of hydrogen-bond acceptors (Lipinski definition) is 2. The van der Waals surface area contributed by atoms with Gasteiger partial charge in [-0.05, 0) is 98.4 Å². The van der Waals surface area contributed by atoms with Crippen LogP contribution in [0.4, 0.5) is 17.1 Å². The monoisotopic (exact) mass is 603 g/mol. The van der Waals surface area contributed by atoms with Crippen LogP contribution in [-0.2, 0) is 0 Å². The van der Waals surface area contributed by atoms with Crippen LogP contribution in [0.5, 0.6) is 0 Å². The van der Waals surface area contributed by atoms with Gasteiger partial charge >= 0.3 is 0 Å². The van der Waals surface area contributed by atoms with Gasteiger partial charge in [0.05, 0.1) is 0 Å². The minimum Gasteiger partial charge on any atom is -0.310 e. The molecule has 0 radical (unpaired) electrons. The van der Waals surface area contributed by atoms with Gasteiger partial charge in [-0.2, -0.15) is 0 Å². The van der Waals surface area contributed by atoms with Crippen LogP contribution in [-0.4, -0.2) is 0 Å². The summed E-state index contributed by atoms with van der Waals surface area (Å²) in [6, 6.07) is 64.0. The highest BCUT2D eigenvalue weighted by atomic mass is 32.1. The van der Waals surface area contributed by atoms with E-state index in [2.05, 4.69) is 181 Å². The molecule has 46 heavy (non-hydrogen) atoms. The van der Waals surface area contributed by atoms with Gasteiger partial charge in [-0.15, -0.1) is 11.3 Å². The Morgan fingerprint density at radius 3 is 1.87 bits per heavy atom. The fraction of sp³-hybridized carbons (Fsp3) is 0. The highest BCUT2D eigenvalue weighted by Gasteiger charge is 2.16. The first-order valence-corrected chi connectivity index (χ1v) is 16.5. The largest absolute Gasteiger partial charge is 0.310 e. The first kappa shape index (κ1) is 26.7. The Balaban J connectivity index is 1.20. The first-order valence-electron chi connectivity index (χ1n) is 15.7. The molecule has 0 saturated carbocycles. The maximum absolute atomic E-state index is 2.38. The predicted octanol–water partition coefficient (Wildman–Crippen LogP) is 13.2. The third-order valence-corrected chi connectivity index (χ3v) is 10.2. The molecule has 1 heterocycles. The quantitative estimate of drug-likeness (QED) is 0.189. The lowest BCUT2D eigenvalue weighted by molar-refractivity contribution is 1.29. The second-order valence-electron chi connectivity index (χ2n) is 11.8. The van der Waals surface area contributed by atoms with E-state index in [1.54, 1.807) is 0 Å². The summed E-state index contributed by atoms with van der Waals surface area (Å²) in [7, 11) is 0. The fourth-order valence-electron chi connectivity index (χ4n) is 6.75. The van der Waals surface area contributed by atoms with E-state index in [1.807, 2.05) is 11.3 Å².